The van der Waals surface area contributed by atoms with Gasteiger partial charge in [-0.15, -0.1) is 0 Å². The number of hydrogen-bond donors (Lipinski definition) is 6. The molecule has 0 spiro atoms. The number of aliphatic hydroxyl groups excluding tert-OH is 6. The maximum atomic E-state index is 9.91. The second-order valence-corrected chi connectivity index (χ2v) is 5.50. The van der Waals surface area contributed by atoms with Gasteiger partial charge < -0.3 is 44.8 Å². The Bertz CT molecular complexity index is 354. The van der Waals surface area contributed by atoms with Crippen molar-refractivity contribution in [2.75, 3.05) is 0 Å². The van der Waals surface area contributed by atoms with Gasteiger partial charge in [0.15, 0.2) is 12.6 Å². The van der Waals surface area contributed by atoms with Gasteiger partial charge in [-0.1, -0.05) is 0 Å². The fourth-order valence-electron chi connectivity index (χ4n) is 2.49. The van der Waals surface area contributed by atoms with E-state index in [-0.39, 0.29) is 0 Å². The fraction of sp³-hybridized carbons (Fsp3) is 1.00. The summed E-state index contributed by atoms with van der Waals surface area (Å²) < 4.78 is 15.6. The topological polar surface area (TPSA) is 149 Å². The molecule has 2 saturated heterocycles. The third-order valence-electron chi connectivity index (χ3n) is 3.90. The van der Waals surface area contributed by atoms with Crippen LogP contribution in [0.1, 0.15) is 13.8 Å². The molecule has 10 atom stereocenters. The van der Waals surface area contributed by atoms with Crippen LogP contribution in [0, 0.1) is 0 Å². The maximum Gasteiger partial charge on any atom is 0.187 e. The van der Waals surface area contributed by atoms with Crippen LogP contribution < -0.4 is 0 Å². The van der Waals surface area contributed by atoms with Crippen LogP contribution in [-0.2, 0) is 14.2 Å². The zero-order valence-electron chi connectivity index (χ0n) is 11.7. The molecule has 0 bridgehead atoms. The van der Waals surface area contributed by atoms with Crippen molar-refractivity contribution in [3.63, 3.8) is 0 Å². The van der Waals surface area contributed by atoms with Gasteiger partial charge in [-0.25, -0.2) is 0 Å². The molecule has 124 valence electrons. The molecule has 0 aromatic carbocycles. The Balaban J connectivity index is 2.06. The first kappa shape index (κ1) is 17.0. The highest BCUT2D eigenvalue weighted by atomic mass is 16.7. The van der Waals surface area contributed by atoms with E-state index >= 15 is 0 Å². The van der Waals surface area contributed by atoms with Gasteiger partial charge in [-0.05, 0) is 13.8 Å². The zero-order chi connectivity index (χ0) is 15.9. The van der Waals surface area contributed by atoms with Crippen molar-refractivity contribution in [1.82, 2.24) is 0 Å². The quantitative estimate of drug-likeness (QED) is 0.308. The van der Waals surface area contributed by atoms with E-state index in [1.165, 1.54) is 13.8 Å². The van der Waals surface area contributed by atoms with Gasteiger partial charge in [-0.3, -0.25) is 0 Å². The first-order chi connectivity index (χ1) is 9.73. The molecule has 2 aliphatic rings. The molecule has 21 heavy (non-hydrogen) atoms. The van der Waals surface area contributed by atoms with E-state index in [1.54, 1.807) is 0 Å². The average molecular weight is 310 g/mol. The van der Waals surface area contributed by atoms with Gasteiger partial charge >= 0.3 is 0 Å². The van der Waals surface area contributed by atoms with Crippen LogP contribution in [0.2, 0.25) is 0 Å². The lowest BCUT2D eigenvalue weighted by Gasteiger charge is -2.44. The maximum absolute atomic E-state index is 9.91. The van der Waals surface area contributed by atoms with Gasteiger partial charge in [0, 0.05) is 0 Å². The van der Waals surface area contributed by atoms with Crippen molar-refractivity contribution in [2.24, 2.45) is 0 Å². The molecule has 2 rings (SSSR count). The number of rotatable bonds is 2. The Morgan fingerprint density at radius 3 is 1.90 bits per heavy atom. The molecular formula is C12H22O9. The Morgan fingerprint density at radius 2 is 1.29 bits per heavy atom. The second-order valence-electron chi connectivity index (χ2n) is 5.50. The second kappa shape index (κ2) is 6.41. The molecule has 9 nitrogen and oxygen atoms in total. The highest BCUT2D eigenvalue weighted by Gasteiger charge is 2.48. The fourth-order valence-corrected chi connectivity index (χ4v) is 2.49. The highest BCUT2D eigenvalue weighted by Crippen LogP contribution is 2.28. The Labute approximate surface area is 121 Å². The minimum Gasteiger partial charge on any atom is -0.388 e. The van der Waals surface area contributed by atoms with Crippen molar-refractivity contribution < 1.29 is 44.8 Å². The molecule has 0 aromatic heterocycles. The molecule has 4 unspecified atom stereocenters. The van der Waals surface area contributed by atoms with Crippen LogP contribution in [0.3, 0.4) is 0 Å². The molecule has 0 saturated carbocycles. The smallest absolute Gasteiger partial charge is 0.187 e. The van der Waals surface area contributed by atoms with Crippen molar-refractivity contribution in [3.8, 4) is 0 Å². The van der Waals surface area contributed by atoms with Gasteiger partial charge in [0.2, 0.25) is 0 Å². The van der Waals surface area contributed by atoms with E-state index < -0.39 is 61.4 Å². The van der Waals surface area contributed by atoms with E-state index in [0.717, 1.165) is 0 Å². The Hall–Kier alpha value is -0.360. The van der Waals surface area contributed by atoms with E-state index in [4.69, 9.17) is 14.2 Å². The summed E-state index contributed by atoms with van der Waals surface area (Å²) in [6.45, 7) is 3.00. The first-order valence-electron chi connectivity index (χ1n) is 6.78. The van der Waals surface area contributed by atoms with Crippen molar-refractivity contribution in [3.05, 3.63) is 0 Å². The van der Waals surface area contributed by atoms with Gasteiger partial charge in [0.25, 0.3) is 0 Å². The minimum absolute atomic E-state index is 0.784. The highest BCUT2D eigenvalue weighted by molar-refractivity contribution is 4.91. The molecule has 2 aliphatic heterocycles. The largest absolute Gasteiger partial charge is 0.388 e. The third-order valence-corrected chi connectivity index (χ3v) is 3.90. The minimum atomic E-state index is -1.57. The molecule has 0 radical (unpaired) electrons. The molecule has 2 fully saturated rings. The lowest BCUT2D eigenvalue weighted by molar-refractivity contribution is -0.348. The van der Waals surface area contributed by atoms with Crippen LogP contribution in [-0.4, -0.2) is 92.1 Å². The summed E-state index contributed by atoms with van der Waals surface area (Å²) in [6, 6.07) is 0. The molecule has 0 aliphatic carbocycles. The third kappa shape index (κ3) is 3.21. The van der Waals surface area contributed by atoms with Gasteiger partial charge in [0.1, 0.15) is 36.6 Å². The number of ether oxygens (including phenoxy) is 3. The Kier molecular flexibility index (Phi) is 5.19. The molecule has 9 heteroatoms. The van der Waals surface area contributed by atoms with Crippen LogP contribution >= 0.6 is 0 Å². The summed E-state index contributed by atoms with van der Waals surface area (Å²) in [5.74, 6) is 0. The monoisotopic (exact) mass is 310 g/mol. The van der Waals surface area contributed by atoms with E-state index in [0.29, 0.717) is 0 Å². The zero-order valence-corrected chi connectivity index (χ0v) is 11.7. The summed E-state index contributed by atoms with van der Waals surface area (Å²) in [5.41, 5.74) is 0. The SMILES string of the molecule is CC1O[C@@H](O[C@H]2C(C)O[C@@H](O)C(O)[C@H]2O)C(O)[C@@H](O)[C@H]1O. The van der Waals surface area contributed by atoms with E-state index in [2.05, 4.69) is 0 Å². The van der Waals surface area contributed by atoms with Crippen LogP contribution in [0.4, 0.5) is 0 Å². The van der Waals surface area contributed by atoms with Crippen LogP contribution in [0.15, 0.2) is 0 Å². The van der Waals surface area contributed by atoms with Crippen LogP contribution in [0.5, 0.6) is 0 Å². The Morgan fingerprint density at radius 1 is 0.667 bits per heavy atom. The summed E-state index contributed by atoms with van der Waals surface area (Å²) in [5, 5.41) is 58.0. The average Bonchev–Trinajstić information content (AvgIpc) is 2.44. The molecule has 0 amide bonds. The lowest BCUT2D eigenvalue weighted by atomic mass is 9.98. The standard InChI is InChI=1S/C12H22O9/c1-3-5(13)6(14)9(17)12(20-3)21-10-4(2)19-11(18)8(16)7(10)15/h3-18H,1-2H3/t3?,4?,5-,6-,7+,8?,9?,10-,11+,12-/m0/s1. The van der Waals surface area contributed by atoms with Gasteiger partial charge in [0.05, 0.1) is 12.2 Å². The van der Waals surface area contributed by atoms with E-state index in [9.17, 15) is 30.6 Å². The number of hydrogen-bond acceptors (Lipinski definition) is 9. The van der Waals surface area contributed by atoms with Crippen LogP contribution in [0.25, 0.3) is 0 Å². The predicted octanol–water partition coefficient (Wildman–Crippen LogP) is -3.34. The van der Waals surface area contributed by atoms with Crippen molar-refractivity contribution in [1.29, 1.82) is 0 Å². The summed E-state index contributed by atoms with van der Waals surface area (Å²) in [6.07, 6.45) is -12.8. The predicted molar refractivity (Wildman–Crippen MR) is 65.8 cm³/mol. The number of aliphatic hydroxyl groups is 6. The summed E-state index contributed by atoms with van der Waals surface area (Å²) in [7, 11) is 0. The summed E-state index contributed by atoms with van der Waals surface area (Å²) in [4.78, 5) is 0. The van der Waals surface area contributed by atoms with E-state index in [1.807, 2.05) is 0 Å². The molecule has 6 N–H and O–H groups in total. The molecule has 0 aromatic rings. The molecule has 2 heterocycles. The molecular weight excluding hydrogens is 288 g/mol. The lowest BCUT2D eigenvalue weighted by Crippen LogP contribution is -2.62. The summed E-state index contributed by atoms with van der Waals surface area (Å²) >= 11 is 0. The van der Waals surface area contributed by atoms with Gasteiger partial charge in [-0.2, -0.15) is 0 Å². The van der Waals surface area contributed by atoms with Crippen molar-refractivity contribution in [2.45, 2.75) is 75.3 Å². The van der Waals surface area contributed by atoms with Crippen molar-refractivity contribution >= 4 is 0 Å². The normalized spacial score (nSPS) is 55.4. The first-order valence-corrected chi connectivity index (χ1v) is 6.78.